The number of nitrogens with one attached hydrogen (secondary N) is 1. The lowest BCUT2D eigenvalue weighted by molar-refractivity contribution is 0.182. The molecule has 0 radical (unpaired) electrons. The highest BCUT2D eigenvalue weighted by atomic mass is 16.5. The molecule has 20 heavy (non-hydrogen) atoms. The Hall–Kier alpha value is -1.10. The van der Waals surface area contributed by atoms with Crippen LogP contribution < -0.4 is 10.1 Å². The van der Waals surface area contributed by atoms with Crippen LogP contribution in [0.25, 0.3) is 0 Å². The first-order chi connectivity index (χ1) is 9.65. The van der Waals surface area contributed by atoms with Crippen LogP contribution in [0.4, 0.5) is 0 Å². The molecule has 2 rings (SSSR count). The van der Waals surface area contributed by atoms with Crippen molar-refractivity contribution in [1.29, 1.82) is 0 Å². The summed E-state index contributed by atoms with van der Waals surface area (Å²) < 4.78 is 5.36. The van der Waals surface area contributed by atoms with Crippen molar-refractivity contribution in [2.45, 2.75) is 18.5 Å². The number of nitrogens with zero attached hydrogens (tertiary/aromatic N) is 2. The Labute approximate surface area is 122 Å². The van der Waals surface area contributed by atoms with Gasteiger partial charge in [0.1, 0.15) is 5.75 Å². The Morgan fingerprint density at radius 2 is 2.10 bits per heavy atom. The van der Waals surface area contributed by atoms with Crippen molar-refractivity contribution in [2.24, 2.45) is 0 Å². The third kappa shape index (κ3) is 3.51. The van der Waals surface area contributed by atoms with Gasteiger partial charge >= 0.3 is 0 Å². The highest BCUT2D eigenvalue weighted by molar-refractivity contribution is 5.31. The van der Waals surface area contributed by atoms with Crippen LogP contribution in [-0.2, 0) is 0 Å². The van der Waals surface area contributed by atoms with Gasteiger partial charge in [-0.1, -0.05) is 12.1 Å². The topological polar surface area (TPSA) is 27.7 Å². The van der Waals surface area contributed by atoms with E-state index in [4.69, 9.17) is 4.74 Å². The van der Waals surface area contributed by atoms with Crippen molar-refractivity contribution in [3.63, 3.8) is 0 Å². The minimum Gasteiger partial charge on any atom is -0.497 e. The number of benzene rings is 1. The molecule has 1 N–H and O–H groups in total. The summed E-state index contributed by atoms with van der Waals surface area (Å²) in [6, 6.07) is 9.18. The largest absolute Gasteiger partial charge is 0.497 e. The number of likely N-dealkylation sites (N-methyl/N-ethyl adjacent to an activating group) is 3. The van der Waals surface area contributed by atoms with E-state index in [2.05, 4.69) is 47.4 Å². The molecule has 0 spiro atoms. The summed E-state index contributed by atoms with van der Waals surface area (Å²) >= 11 is 0. The van der Waals surface area contributed by atoms with Crippen molar-refractivity contribution < 1.29 is 4.74 Å². The maximum Gasteiger partial charge on any atom is 0.119 e. The zero-order valence-electron chi connectivity index (χ0n) is 13.1. The van der Waals surface area contributed by atoms with Gasteiger partial charge in [0.05, 0.1) is 7.11 Å². The minimum absolute atomic E-state index is 0.315. The minimum atomic E-state index is 0.315. The molecule has 1 aliphatic heterocycles. The fourth-order valence-corrected chi connectivity index (χ4v) is 3.08. The van der Waals surface area contributed by atoms with Crippen molar-refractivity contribution >= 4 is 0 Å². The lowest BCUT2D eigenvalue weighted by atomic mass is 9.97. The first kappa shape index (κ1) is 15.3. The summed E-state index contributed by atoms with van der Waals surface area (Å²) in [7, 11) is 8.21. The maximum absolute atomic E-state index is 5.36. The molecule has 4 heteroatoms. The molecule has 1 fully saturated rings. The third-order valence-corrected chi connectivity index (χ3v) is 4.26. The summed E-state index contributed by atoms with van der Waals surface area (Å²) in [5.41, 5.74) is 1.29. The standard InChI is InChI=1S/C16H27N3O/c1-17-16(13-7-5-8-14(11-13)20-4)15-12-18(2)9-6-10-19(15)3/h5,7-8,11,15-17H,6,9-10,12H2,1-4H3. The number of rotatable bonds is 4. The molecule has 0 saturated carbocycles. The van der Waals surface area contributed by atoms with Crippen LogP contribution in [-0.4, -0.2) is 63.7 Å². The summed E-state index contributed by atoms with van der Waals surface area (Å²) in [6.07, 6.45) is 1.23. The molecule has 0 amide bonds. The van der Waals surface area contributed by atoms with E-state index >= 15 is 0 Å². The van der Waals surface area contributed by atoms with Gasteiger partial charge in [-0.3, -0.25) is 0 Å². The Morgan fingerprint density at radius 3 is 2.80 bits per heavy atom. The fourth-order valence-electron chi connectivity index (χ4n) is 3.08. The summed E-state index contributed by atoms with van der Waals surface area (Å²) in [4.78, 5) is 4.91. The lowest BCUT2D eigenvalue weighted by Gasteiger charge is -2.34. The maximum atomic E-state index is 5.36. The van der Waals surface area contributed by atoms with Gasteiger partial charge in [0.2, 0.25) is 0 Å². The first-order valence-corrected chi connectivity index (χ1v) is 7.35. The number of hydrogen-bond donors (Lipinski definition) is 1. The monoisotopic (exact) mass is 277 g/mol. The van der Waals surface area contributed by atoms with Gasteiger partial charge in [-0.05, 0) is 58.3 Å². The zero-order chi connectivity index (χ0) is 14.5. The van der Waals surface area contributed by atoms with Crippen molar-refractivity contribution in [1.82, 2.24) is 15.1 Å². The van der Waals surface area contributed by atoms with E-state index in [-0.39, 0.29) is 0 Å². The van der Waals surface area contributed by atoms with E-state index in [0.29, 0.717) is 12.1 Å². The normalized spacial score (nSPS) is 23.3. The smallest absolute Gasteiger partial charge is 0.119 e. The van der Waals surface area contributed by atoms with Crippen molar-refractivity contribution in [3.8, 4) is 5.75 Å². The summed E-state index contributed by atoms with van der Waals surface area (Å²) in [6.45, 7) is 3.41. The van der Waals surface area contributed by atoms with Gasteiger partial charge < -0.3 is 19.9 Å². The molecule has 0 bridgehead atoms. The number of ether oxygens (including phenoxy) is 1. The van der Waals surface area contributed by atoms with Gasteiger partial charge in [0.15, 0.2) is 0 Å². The Morgan fingerprint density at radius 1 is 1.30 bits per heavy atom. The fraction of sp³-hybridized carbons (Fsp3) is 0.625. The number of hydrogen-bond acceptors (Lipinski definition) is 4. The Kier molecular flexibility index (Phi) is 5.40. The second-order valence-electron chi connectivity index (χ2n) is 5.71. The molecule has 0 aliphatic carbocycles. The van der Waals surface area contributed by atoms with Gasteiger partial charge in [-0.2, -0.15) is 0 Å². The molecule has 0 aromatic heterocycles. The Balaban J connectivity index is 2.24. The molecule has 4 nitrogen and oxygen atoms in total. The summed E-state index contributed by atoms with van der Waals surface area (Å²) in [5, 5.41) is 3.49. The van der Waals surface area contributed by atoms with E-state index in [1.807, 2.05) is 13.1 Å². The molecule has 1 aromatic rings. The number of methoxy groups -OCH3 is 1. The Bertz CT molecular complexity index is 424. The SMILES string of the molecule is CNC(c1cccc(OC)c1)C1CN(C)CCCN1C. The molecular weight excluding hydrogens is 250 g/mol. The van der Waals surface area contributed by atoms with Crippen LogP contribution >= 0.6 is 0 Å². The van der Waals surface area contributed by atoms with Crippen LogP contribution in [0, 0.1) is 0 Å². The van der Waals surface area contributed by atoms with E-state index < -0.39 is 0 Å². The van der Waals surface area contributed by atoms with Gasteiger partial charge in [-0.25, -0.2) is 0 Å². The molecule has 1 aliphatic rings. The van der Waals surface area contributed by atoms with Crippen LogP contribution in [0.2, 0.25) is 0 Å². The average Bonchev–Trinajstić information content (AvgIpc) is 2.62. The predicted molar refractivity (Wildman–Crippen MR) is 83.3 cm³/mol. The second kappa shape index (κ2) is 7.07. The van der Waals surface area contributed by atoms with Gasteiger partial charge in [0, 0.05) is 18.6 Å². The molecule has 1 heterocycles. The lowest BCUT2D eigenvalue weighted by Crippen LogP contribution is -2.46. The van der Waals surface area contributed by atoms with Crippen molar-refractivity contribution in [2.75, 3.05) is 47.9 Å². The summed E-state index contributed by atoms with van der Waals surface area (Å²) in [5.74, 6) is 0.923. The molecule has 2 atom stereocenters. The second-order valence-corrected chi connectivity index (χ2v) is 5.71. The average molecular weight is 277 g/mol. The molecule has 112 valence electrons. The molecule has 2 unspecified atom stereocenters. The van der Waals surface area contributed by atoms with Crippen LogP contribution in [0.15, 0.2) is 24.3 Å². The quantitative estimate of drug-likeness (QED) is 0.904. The predicted octanol–water partition coefficient (Wildman–Crippen LogP) is 1.59. The van der Waals surface area contributed by atoms with Crippen LogP contribution in [0.5, 0.6) is 5.75 Å². The third-order valence-electron chi connectivity index (χ3n) is 4.26. The first-order valence-electron chi connectivity index (χ1n) is 7.35. The van der Waals surface area contributed by atoms with Gasteiger partial charge in [0.25, 0.3) is 0 Å². The van der Waals surface area contributed by atoms with E-state index in [9.17, 15) is 0 Å². The molecule has 1 aromatic carbocycles. The van der Waals surface area contributed by atoms with Crippen molar-refractivity contribution in [3.05, 3.63) is 29.8 Å². The van der Waals surface area contributed by atoms with E-state index in [0.717, 1.165) is 18.8 Å². The van der Waals surface area contributed by atoms with Crippen LogP contribution in [0.1, 0.15) is 18.0 Å². The molecule has 1 saturated heterocycles. The molecular formula is C16H27N3O. The van der Waals surface area contributed by atoms with Crippen LogP contribution in [0.3, 0.4) is 0 Å². The van der Waals surface area contributed by atoms with Gasteiger partial charge in [-0.15, -0.1) is 0 Å². The highest BCUT2D eigenvalue weighted by Crippen LogP contribution is 2.25. The van der Waals surface area contributed by atoms with E-state index in [1.165, 1.54) is 18.5 Å². The van der Waals surface area contributed by atoms with E-state index in [1.54, 1.807) is 7.11 Å². The highest BCUT2D eigenvalue weighted by Gasteiger charge is 2.28. The zero-order valence-corrected chi connectivity index (χ0v) is 13.1.